The summed E-state index contributed by atoms with van der Waals surface area (Å²) < 4.78 is 0. The highest BCUT2D eigenvalue weighted by molar-refractivity contribution is 7.80. The summed E-state index contributed by atoms with van der Waals surface area (Å²) in [6.45, 7) is 0. The number of benzene rings is 2. The van der Waals surface area contributed by atoms with Gasteiger partial charge in [-0.2, -0.15) is 0 Å². The van der Waals surface area contributed by atoms with Gasteiger partial charge in [-0.05, 0) is 22.8 Å². The SMILES string of the molecule is Sc1cccc2c1-c1ccccc1-2. The van der Waals surface area contributed by atoms with Crippen LogP contribution < -0.4 is 0 Å². The predicted molar refractivity (Wildman–Crippen MR) is 58.1 cm³/mol. The number of hydrogen-bond donors (Lipinski definition) is 1. The Labute approximate surface area is 82.6 Å². The first-order chi connectivity index (χ1) is 6.38. The summed E-state index contributed by atoms with van der Waals surface area (Å²) in [6, 6.07) is 14.7. The molecule has 0 radical (unpaired) electrons. The van der Waals surface area contributed by atoms with Crippen LogP contribution in [0.5, 0.6) is 0 Å². The summed E-state index contributed by atoms with van der Waals surface area (Å²) in [7, 11) is 0. The largest absolute Gasteiger partial charge is 0.143 e. The summed E-state index contributed by atoms with van der Waals surface area (Å²) in [5.41, 5.74) is 5.33. The van der Waals surface area contributed by atoms with Crippen LogP contribution in [0.2, 0.25) is 0 Å². The molecule has 0 amide bonds. The average molecular weight is 184 g/mol. The Bertz CT molecular complexity index is 486. The monoisotopic (exact) mass is 184 g/mol. The fourth-order valence-electron chi connectivity index (χ4n) is 1.92. The van der Waals surface area contributed by atoms with Crippen LogP contribution >= 0.6 is 12.6 Å². The van der Waals surface area contributed by atoms with E-state index in [-0.39, 0.29) is 0 Å². The van der Waals surface area contributed by atoms with Gasteiger partial charge in [-0.1, -0.05) is 36.4 Å². The number of hydrogen-bond acceptors (Lipinski definition) is 1. The topological polar surface area (TPSA) is 0 Å². The van der Waals surface area contributed by atoms with Crippen molar-refractivity contribution in [1.82, 2.24) is 0 Å². The molecule has 1 heteroatoms. The lowest BCUT2D eigenvalue weighted by Gasteiger charge is -2.24. The molecule has 2 aromatic carbocycles. The molecule has 0 aromatic heterocycles. The zero-order valence-electron chi connectivity index (χ0n) is 6.99. The highest BCUT2D eigenvalue weighted by atomic mass is 32.1. The summed E-state index contributed by atoms with van der Waals surface area (Å²) in [4.78, 5) is 1.08. The second-order valence-electron chi connectivity index (χ2n) is 3.25. The minimum Gasteiger partial charge on any atom is -0.143 e. The smallest absolute Gasteiger partial charge is 0.0125 e. The Balaban J connectivity index is 2.35. The molecule has 1 aliphatic carbocycles. The predicted octanol–water partition coefficient (Wildman–Crippen LogP) is 3.62. The molecule has 0 atom stereocenters. The van der Waals surface area contributed by atoms with Gasteiger partial charge < -0.3 is 0 Å². The third-order valence-corrected chi connectivity index (χ3v) is 2.90. The van der Waals surface area contributed by atoms with E-state index in [0.29, 0.717) is 0 Å². The molecule has 3 rings (SSSR count). The Morgan fingerprint density at radius 1 is 0.692 bits per heavy atom. The molecule has 0 nitrogen and oxygen atoms in total. The van der Waals surface area contributed by atoms with Crippen LogP contribution in [0.3, 0.4) is 0 Å². The standard InChI is InChI=1S/C12H8S/c13-11-7-3-6-10-8-4-1-2-5-9(8)12(10)11/h1-7,13H. The Hall–Kier alpha value is -1.21. The molecule has 0 saturated heterocycles. The van der Waals surface area contributed by atoms with Gasteiger partial charge in [-0.25, -0.2) is 0 Å². The van der Waals surface area contributed by atoms with Gasteiger partial charge in [0.2, 0.25) is 0 Å². The lowest BCUT2D eigenvalue weighted by atomic mass is 9.81. The van der Waals surface area contributed by atoms with Crippen LogP contribution in [0.4, 0.5) is 0 Å². The molecule has 0 N–H and O–H groups in total. The van der Waals surface area contributed by atoms with Crippen LogP contribution in [-0.2, 0) is 0 Å². The third kappa shape index (κ3) is 0.825. The van der Waals surface area contributed by atoms with Crippen molar-refractivity contribution >= 4 is 12.6 Å². The van der Waals surface area contributed by atoms with Crippen LogP contribution in [-0.4, -0.2) is 0 Å². The zero-order chi connectivity index (χ0) is 8.84. The molecule has 0 bridgehead atoms. The molecule has 13 heavy (non-hydrogen) atoms. The van der Waals surface area contributed by atoms with E-state index in [1.807, 2.05) is 6.07 Å². The minimum absolute atomic E-state index is 1.08. The van der Waals surface area contributed by atoms with Gasteiger partial charge in [0.1, 0.15) is 0 Å². The average Bonchev–Trinajstić information content (AvgIpc) is 2.14. The quantitative estimate of drug-likeness (QED) is 0.507. The summed E-state index contributed by atoms with van der Waals surface area (Å²) in [5.74, 6) is 0. The minimum atomic E-state index is 1.08. The maximum absolute atomic E-state index is 4.44. The van der Waals surface area contributed by atoms with Crippen molar-refractivity contribution < 1.29 is 0 Å². The molecular formula is C12H8S. The summed E-state index contributed by atoms with van der Waals surface area (Å²) in [6.07, 6.45) is 0. The third-order valence-electron chi connectivity index (χ3n) is 2.53. The van der Waals surface area contributed by atoms with E-state index in [9.17, 15) is 0 Å². The van der Waals surface area contributed by atoms with Gasteiger partial charge in [-0.15, -0.1) is 12.6 Å². The van der Waals surface area contributed by atoms with Gasteiger partial charge >= 0.3 is 0 Å². The van der Waals surface area contributed by atoms with Crippen molar-refractivity contribution in [3.8, 4) is 22.3 Å². The normalized spacial score (nSPS) is 11.5. The molecule has 0 heterocycles. The number of fused-ring (bicyclic) bond motifs is 4. The van der Waals surface area contributed by atoms with Crippen LogP contribution in [0, 0.1) is 0 Å². The molecule has 62 valence electrons. The van der Waals surface area contributed by atoms with Crippen molar-refractivity contribution in [2.24, 2.45) is 0 Å². The molecule has 2 aromatic rings. The fourth-order valence-corrected chi connectivity index (χ4v) is 2.25. The lowest BCUT2D eigenvalue weighted by molar-refractivity contribution is 1.40. The van der Waals surface area contributed by atoms with Crippen molar-refractivity contribution in [2.75, 3.05) is 0 Å². The van der Waals surface area contributed by atoms with Crippen molar-refractivity contribution in [3.63, 3.8) is 0 Å². The fraction of sp³-hybridized carbons (Fsp3) is 0. The Morgan fingerprint density at radius 2 is 1.38 bits per heavy atom. The maximum atomic E-state index is 4.44. The lowest BCUT2D eigenvalue weighted by Crippen LogP contribution is -1.98. The van der Waals surface area contributed by atoms with E-state index in [0.717, 1.165) is 4.90 Å². The van der Waals surface area contributed by atoms with Crippen molar-refractivity contribution in [1.29, 1.82) is 0 Å². The first kappa shape index (κ1) is 7.22. The molecule has 0 spiro atoms. The van der Waals surface area contributed by atoms with Gasteiger partial charge in [0.05, 0.1) is 0 Å². The van der Waals surface area contributed by atoms with Gasteiger partial charge in [0.25, 0.3) is 0 Å². The maximum Gasteiger partial charge on any atom is 0.0125 e. The van der Waals surface area contributed by atoms with E-state index in [2.05, 4.69) is 49.0 Å². The highest BCUT2D eigenvalue weighted by Crippen LogP contribution is 2.49. The van der Waals surface area contributed by atoms with Crippen molar-refractivity contribution in [2.45, 2.75) is 4.90 Å². The first-order valence-corrected chi connectivity index (χ1v) is 4.74. The van der Waals surface area contributed by atoms with Crippen LogP contribution in [0.25, 0.3) is 22.3 Å². The van der Waals surface area contributed by atoms with Gasteiger partial charge in [0.15, 0.2) is 0 Å². The summed E-state index contributed by atoms with van der Waals surface area (Å²) in [5, 5.41) is 0. The Kier molecular flexibility index (Phi) is 1.33. The van der Waals surface area contributed by atoms with E-state index >= 15 is 0 Å². The van der Waals surface area contributed by atoms with Crippen LogP contribution in [0.15, 0.2) is 47.4 Å². The van der Waals surface area contributed by atoms with E-state index in [1.165, 1.54) is 22.3 Å². The molecule has 0 aliphatic heterocycles. The van der Waals surface area contributed by atoms with E-state index in [1.54, 1.807) is 0 Å². The first-order valence-electron chi connectivity index (χ1n) is 4.29. The second-order valence-corrected chi connectivity index (χ2v) is 3.73. The Morgan fingerprint density at radius 3 is 2.23 bits per heavy atom. The molecule has 0 unspecified atom stereocenters. The number of thiol groups is 1. The molecular weight excluding hydrogens is 176 g/mol. The molecule has 0 fully saturated rings. The van der Waals surface area contributed by atoms with Gasteiger partial charge in [0, 0.05) is 10.5 Å². The van der Waals surface area contributed by atoms with Crippen LogP contribution in [0.1, 0.15) is 0 Å². The summed E-state index contributed by atoms with van der Waals surface area (Å²) >= 11 is 4.44. The van der Waals surface area contributed by atoms with E-state index < -0.39 is 0 Å². The zero-order valence-corrected chi connectivity index (χ0v) is 7.88. The highest BCUT2D eigenvalue weighted by Gasteiger charge is 2.22. The van der Waals surface area contributed by atoms with Crippen molar-refractivity contribution in [3.05, 3.63) is 42.5 Å². The molecule has 0 saturated carbocycles. The van der Waals surface area contributed by atoms with Gasteiger partial charge in [-0.3, -0.25) is 0 Å². The van der Waals surface area contributed by atoms with E-state index in [4.69, 9.17) is 0 Å². The molecule has 1 aliphatic rings. The second kappa shape index (κ2) is 2.39. The number of rotatable bonds is 0.